The summed E-state index contributed by atoms with van der Waals surface area (Å²) in [5.41, 5.74) is 0.792. The third kappa shape index (κ3) is 5.50. The molecule has 4 aromatic rings. The second-order valence-electron chi connectivity index (χ2n) is 7.11. The third-order valence-electron chi connectivity index (χ3n) is 4.83. The summed E-state index contributed by atoms with van der Waals surface area (Å²) in [6, 6.07) is 12.5. The number of nitro benzene ring substituents is 1. The number of carboxylic acids is 1. The van der Waals surface area contributed by atoms with Crippen LogP contribution in [-0.2, 0) is 4.79 Å². The lowest BCUT2D eigenvalue weighted by atomic mass is 10.1. The van der Waals surface area contributed by atoms with Gasteiger partial charge in [-0.15, -0.1) is 5.10 Å². The quantitative estimate of drug-likeness (QED) is 0.123. The van der Waals surface area contributed by atoms with E-state index in [1.807, 2.05) is 0 Å². The van der Waals surface area contributed by atoms with E-state index in [0.717, 1.165) is 11.8 Å². The molecule has 2 aromatic heterocycles. The van der Waals surface area contributed by atoms with Crippen LogP contribution in [0.25, 0.3) is 28.8 Å². The number of nitrogens with zero attached hydrogens (tertiary/aromatic N) is 3. The minimum Gasteiger partial charge on any atom is -0.497 e. The Morgan fingerprint density at radius 1 is 1.14 bits per heavy atom. The van der Waals surface area contributed by atoms with Gasteiger partial charge in [0.1, 0.15) is 32.9 Å². The summed E-state index contributed by atoms with van der Waals surface area (Å²) in [7, 11) is 3.05. The van der Waals surface area contributed by atoms with Crippen LogP contribution in [0.3, 0.4) is 0 Å². The van der Waals surface area contributed by atoms with Crippen molar-refractivity contribution in [2.24, 2.45) is 0 Å². The van der Waals surface area contributed by atoms with E-state index in [1.165, 1.54) is 32.4 Å². The maximum Gasteiger partial charge on any atom is 0.342 e. The lowest BCUT2D eigenvalue weighted by Gasteiger charge is -2.06. The van der Waals surface area contributed by atoms with Gasteiger partial charge in [0.2, 0.25) is 5.16 Å². The summed E-state index contributed by atoms with van der Waals surface area (Å²) in [6.45, 7) is 0. The van der Waals surface area contributed by atoms with Crippen LogP contribution in [0.5, 0.6) is 11.5 Å². The summed E-state index contributed by atoms with van der Waals surface area (Å²) in [6.07, 6.45) is 1.31. The Balaban J connectivity index is 1.58. The Bertz CT molecular complexity index is 1460. The highest BCUT2D eigenvalue weighted by atomic mass is 35.5. The highest BCUT2D eigenvalue weighted by Gasteiger charge is 2.18. The van der Waals surface area contributed by atoms with Crippen molar-refractivity contribution in [2.45, 2.75) is 5.16 Å². The molecule has 0 bridgehead atoms. The number of thioether (sulfide) groups is 1. The van der Waals surface area contributed by atoms with E-state index in [2.05, 4.69) is 15.2 Å². The summed E-state index contributed by atoms with van der Waals surface area (Å²) < 4.78 is 16.2. The van der Waals surface area contributed by atoms with Gasteiger partial charge in [-0.2, -0.15) is 0 Å². The number of halogens is 1. The van der Waals surface area contributed by atoms with Crippen molar-refractivity contribution in [3.05, 3.63) is 74.3 Å². The molecule has 0 radical (unpaired) electrons. The molecule has 2 aromatic carbocycles. The van der Waals surface area contributed by atoms with Crippen molar-refractivity contribution in [3.63, 3.8) is 0 Å². The number of H-pyrrole nitrogens is 1. The van der Waals surface area contributed by atoms with Gasteiger partial charge in [0, 0.05) is 29.3 Å². The van der Waals surface area contributed by atoms with Crippen molar-refractivity contribution in [1.29, 1.82) is 0 Å². The molecule has 2 heterocycles. The minimum absolute atomic E-state index is 0.00162. The number of aromatic amines is 1. The zero-order valence-corrected chi connectivity index (χ0v) is 20.3. The molecule has 0 spiro atoms. The molecule has 11 nitrogen and oxygen atoms in total. The van der Waals surface area contributed by atoms with E-state index in [1.54, 1.807) is 36.4 Å². The fourth-order valence-electron chi connectivity index (χ4n) is 3.12. The number of methoxy groups -OCH3 is 2. The normalized spacial score (nSPS) is 11.4. The molecular weight excluding hydrogens is 512 g/mol. The van der Waals surface area contributed by atoms with Crippen molar-refractivity contribution < 1.29 is 28.7 Å². The predicted octanol–water partition coefficient (Wildman–Crippen LogP) is 5.53. The molecule has 4 rings (SSSR count). The number of ether oxygens (including phenoxy) is 2. The maximum absolute atomic E-state index is 11.9. The topological polar surface area (TPSA) is 154 Å². The molecule has 36 heavy (non-hydrogen) atoms. The molecule has 0 aliphatic rings. The van der Waals surface area contributed by atoms with Gasteiger partial charge in [0.25, 0.3) is 5.69 Å². The van der Waals surface area contributed by atoms with Crippen LogP contribution in [0.15, 0.2) is 63.0 Å². The smallest absolute Gasteiger partial charge is 0.342 e. The van der Waals surface area contributed by atoms with Gasteiger partial charge in [-0.3, -0.25) is 15.2 Å². The monoisotopic (exact) mass is 528 g/mol. The number of hydrogen-bond acceptors (Lipinski definition) is 9. The number of carbonyl (C=O) groups is 1. The SMILES string of the molecule is COc1cc(OC)cc(-c2nc(S/C(=C\c3ccc(-c4ccc(Cl)c([N+](=O)[O-])c4)o3)C(=O)O)n[nH]2)c1. The number of hydrogen-bond donors (Lipinski definition) is 2. The Morgan fingerprint density at radius 2 is 1.86 bits per heavy atom. The van der Waals surface area contributed by atoms with Crippen molar-refractivity contribution in [1.82, 2.24) is 15.2 Å². The van der Waals surface area contributed by atoms with Gasteiger partial charge < -0.3 is 19.0 Å². The van der Waals surface area contributed by atoms with Crippen molar-refractivity contribution in [3.8, 4) is 34.2 Å². The zero-order chi connectivity index (χ0) is 25.8. The largest absolute Gasteiger partial charge is 0.497 e. The fourth-order valence-corrected chi connectivity index (χ4v) is 3.99. The number of rotatable bonds is 9. The Labute approximate surface area is 212 Å². The van der Waals surface area contributed by atoms with Crippen LogP contribution in [0.1, 0.15) is 5.76 Å². The molecule has 13 heteroatoms. The summed E-state index contributed by atoms with van der Waals surface area (Å²) in [4.78, 5) is 26.7. The Morgan fingerprint density at radius 3 is 2.50 bits per heavy atom. The van der Waals surface area contributed by atoms with Crippen LogP contribution in [0.4, 0.5) is 5.69 Å². The molecular formula is C23H17ClN4O7S. The number of nitro groups is 1. The fraction of sp³-hybridized carbons (Fsp3) is 0.0870. The average molecular weight is 529 g/mol. The second-order valence-corrected chi connectivity index (χ2v) is 8.53. The molecule has 0 unspecified atom stereocenters. The first-order chi connectivity index (χ1) is 17.3. The maximum atomic E-state index is 11.9. The Hall–Kier alpha value is -4.29. The van der Waals surface area contributed by atoms with Gasteiger partial charge in [0.15, 0.2) is 5.82 Å². The van der Waals surface area contributed by atoms with Crippen LogP contribution in [0.2, 0.25) is 5.02 Å². The Kier molecular flexibility index (Phi) is 7.27. The van der Waals surface area contributed by atoms with E-state index < -0.39 is 10.9 Å². The van der Waals surface area contributed by atoms with E-state index in [-0.39, 0.29) is 26.5 Å². The third-order valence-corrected chi connectivity index (χ3v) is 6.03. The minimum atomic E-state index is -1.21. The van der Waals surface area contributed by atoms with Crippen LogP contribution >= 0.6 is 23.4 Å². The van der Waals surface area contributed by atoms with Gasteiger partial charge in [-0.05, 0) is 48.2 Å². The van der Waals surface area contributed by atoms with Crippen molar-refractivity contribution >= 4 is 41.1 Å². The number of nitrogens with one attached hydrogen (secondary N) is 1. The lowest BCUT2D eigenvalue weighted by molar-refractivity contribution is -0.384. The molecule has 0 saturated carbocycles. The molecule has 2 N–H and O–H groups in total. The molecule has 0 saturated heterocycles. The number of aliphatic carboxylic acids is 1. The first-order valence-corrected chi connectivity index (χ1v) is 11.3. The van der Waals surface area contributed by atoms with Gasteiger partial charge >= 0.3 is 5.97 Å². The average Bonchev–Trinajstić information content (AvgIpc) is 3.53. The van der Waals surface area contributed by atoms with Gasteiger partial charge in [-0.25, -0.2) is 9.78 Å². The molecule has 184 valence electrons. The summed E-state index contributed by atoms with van der Waals surface area (Å²) in [5, 5.41) is 27.9. The molecule has 0 aliphatic carbocycles. The van der Waals surface area contributed by atoms with Crippen LogP contribution < -0.4 is 9.47 Å². The van der Waals surface area contributed by atoms with Crippen molar-refractivity contribution in [2.75, 3.05) is 14.2 Å². The number of aromatic nitrogens is 3. The first-order valence-electron chi connectivity index (χ1n) is 10.1. The summed E-state index contributed by atoms with van der Waals surface area (Å²) in [5.74, 6) is 0.823. The van der Waals surface area contributed by atoms with Crippen LogP contribution in [0, 0.1) is 10.1 Å². The lowest BCUT2D eigenvalue weighted by Crippen LogP contribution is -1.97. The van der Waals surface area contributed by atoms with Gasteiger partial charge in [-0.1, -0.05) is 11.6 Å². The standard InChI is InChI=1S/C23H17ClN4O7S/c1-33-15-7-13(8-16(10-15)34-2)21-25-23(27-26-21)36-20(22(29)30)11-14-4-6-19(35-14)12-3-5-17(24)18(9-12)28(31)32/h3-11H,1-2H3,(H,29,30)(H,25,26,27)/b20-11-. The van der Waals surface area contributed by atoms with E-state index >= 15 is 0 Å². The highest BCUT2D eigenvalue weighted by molar-refractivity contribution is 8.04. The van der Waals surface area contributed by atoms with Crippen LogP contribution in [-0.4, -0.2) is 45.4 Å². The molecule has 0 atom stereocenters. The van der Waals surface area contributed by atoms with E-state index in [4.69, 9.17) is 25.5 Å². The summed E-state index contributed by atoms with van der Waals surface area (Å²) >= 11 is 6.68. The van der Waals surface area contributed by atoms with Gasteiger partial charge in [0.05, 0.1) is 19.1 Å². The molecule has 0 fully saturated rings. The number of furan rings is 1. The zero-order valence-electron chi connectivity index (χ0n) is 18.7. The number of benzene rings is 2. The van der Waals surface area contributed by atoms with E-state index in [9.17, 15) is 20.0 Å². The first kappa shape index (κ1) is 24.8. The molecule has 0 amide bonds. The van der Waals surface area contributed by atoms with E-state index in [0.29, 0.717) is 34.2 Å². The highest BCUT2D eigenvalue weighted by Crippen LogP contribution is 2.34. The predicted molar refractivity (Wildman–Crippen MR) is 132 cm³/mol. The molecule has 0 aliphatic heterocycles. The number of carboxylic acid groups (broad SMARTS) is 1. The second kappa shape index (κ2) is 10.5.